The summed E-state index contributed by atoms with van der Waals surface area (Å²) in [4.78, 5) is 2.43. The Bertz CT molecular complexity index is 362. The summed E-state index contributed by atoms with van der Waals surface area (Å²) in [6.45, 7) is 10.5. The summed E-state index contributed by atoms with van der Waals surface area (Å²) in [5.41, 5.74) is 0.790. The van der Waals surface area contributed by atoms with Gasteiger partial charge in [-0.15, -0.1) is 0 Å². The Hall–Kier alpha value is -0.930. The van der Waals surface area contributed by atoms with Gasteiger partial charge in [0.1, 0.15) is 5.82 Å². The molecule has 1 N–H and O–H groups in total. The Morgan fingerprint density at radius 2 is 1.70 bits per heavy atom. The van der Waals surface area contributed by atoms with E-state index in [9.17, 15) is 4.39 Å². The molecule has 0 radical (unpaired) electrons. The van der Waals surface area contributed by atoms with Crippen LogP contribution in [-0.2, 0) is 0 Å². The lowest BCUT2D eigenvalue weighted by Crippen LogP contribution is -2.37. The first-order valence-electron chi connectivity index (χ1n) is 7.93. The average molecular weight is 280 g/mol. The van der Waals surface area contributed by atoms with E-state index >= 15 is 0 Å². The van der Waals surface area contributed by atoms with Crippen LogP contribution in [0.15, 0.2) is 24.3 Å². The molecule has 20 heavy (non-hydrogen) atoms. The molecule has 1 unspecified atom stereocenters. The number of rotatable bonds is 10. The largest absolute Gasteiger partial charge is 0.309 e. The second-order valence-electron chi connectivity index (χ2n) is 5.33. The molecule has 0 bridgehead atoms. The summed E-state index contributed by atoms with van der Waals surface area (Å²) in [5, 5.41) is 3.49. The van der Waals surface area contributed by atoms with E-state index in [-0.39, 0.29) is 11.9 Å². The molecule has 0 aromatic heterocycles. The molecule has 114 valence electrons. The van der Waals surface area contributed by atoms with E-state index < -0.39 is 0 Å². The van der Waals surface area contributed by atoms with Gasteiger partial charge in [0.05, 0.1) is 0 Å². The molecule has 0 aliphatic rings. The maximum absolute atomic E-state index is 14.0. The van der Waals surface area contributed by atoms with Crippen LogP contribution in [0.2, 0.25) is 0 Å². The van der Waals surface area contributed by atoms with Gasteiger partial charge in [-0.3, -0.25) is 0 Å². The fraction of sp³-hybridized carbons (Fsp3) is 0.647. The smallest absolute Gasteiger partial charge is 0.128 e. The van der Waals surface area contributed by atoms with Gasteiger partial charge in [-0.1, -0.05) is 39.0 Å². The molecule has 0 saturated carbocycles. The number of nitrogens with zero attached hydrogens (tertiary/aromatic N) is 1. The molecule has 3 heteroatoms. The van der Waals surface area contributed by atoms with E-state index in [1.54, 1.807) is 12.1 Å². The Morgan fingerprint density at radius 1 is 1.05 bits per heavy atom. The predicted molar refractivity (Wildman–Crippen MR) is 84.5 cm³/mol. The maximum Gasteiger partial charge on any atom is 0.128 e. The summed E-state index contributed by atoms with van der Waals surface area (Å²) in [5.74, 6) is -0.103. The van der Waals surface area contributed by atoms with Gasteiger partial charge in [-0.05, 0) is 45.0 Å². The van der Waals surface area contributed by atoms with Gasteiger partial charge in [0.15, 0.2) is 0 Å². The lowest BCUT2D eigenvalue weighted by atomic mass is 10.0. The van der Waals surface area contributed by atoms with Gasteiger partial charge in [-0.2, -0.15) is 0 Å². The van der Waals surface area contributed by atoms with Crippen LogP contribution in [-0.4, -0.2) is 31.1 Å². The van der Waals surface area contributed by atoms with Crippen molar-refractivity contribution in [3.8, 4) is 0 Å². The van der Waals surface area contributed by atoms with E-state index in [1.807, 2.05) is 12.1 Å². The highest BCUT2D eigenvalue weighted by Gasteiger charge is 2.17. The second-order valence-corrected chi connectivity index (χ2v) is 5.33. The summed E-state index contributed by atoms with van der Waals surface area (Å²) in [6, 6.07) is 7.21. The quantitative estimate of drug-likeness (QED) is 0.697. The monoisotopic (exact) mass is 280 g/mol. The van der Waals surface area contributed by atoms with E-state index in [4.69, 9.17) is 0 Å². The van der Waals surface area contributed by atoms with Crippen LogP contribution in [0.1, 0.15) is 51.6 Å². The minimum atomic E-state index is -0.103. The number of hydrogen-bond acceptors (Lipinski definition) is 2. The molecule has 0 fully saturated rings. The maximum atomic E-state index is 14.0. The summed E-state index contributed by atoms with van der Waals surface area (Å²) in [7, 11) is 0. The van der Waals surface area contributed by atoms with Crippen LogP contribution in [0.5, 0.6) is 0 Å². The van der Waals surface area contributed by atoms with Crippen LogP contribution < -0.4 is 5.32 Å². The van der Waals surface area contributed by atoms with Crippen LogP contribution >= 0.6 is 0 Å². The van der Waals surface area contributed by atoms with Crippen molar-refractivity contribution in [3.63, 3.8) is 0 Å². The lowest BCUT2D eigenvalue weighted by Gasteiger charge is -2.28. The minimum Gasteiger partial charge on any atom is -0.309 e. The number of hydrogen-bond donors (Lipinski definition) is 1. The SMILES string of the molecule is CCCNC(CN(CCC)CCC)c1ccccc1F. The molecule has 1 atom stereocenters. The van der Waals surface area contributed by atoms with Crippen LogP contribution in [0.4, 0.5) is 4.39 Å². The highest BCUT2D eigenvalue weighted by Crippen LogP contribution is 2.18. The molecule has 0 saturated heterocycles. The molecule has 0 amide bonds. The number of benzene rings is 1. The first-order chi connectivity index (χ1) is 9.72. The van der Waals surface area contributed by atoms with Crippen molar-refractivity contribution in [2.24, 2.45) is 0 Å². The van der Waals surface area contributed by atoms with Crippen molar-refractivity contribution in [1.29, 1.82) is 0 Å². The highest BCUT2D eigenvalue weighted by atomic mass is 19.1. The third-order valence-electron chi connectivity index (χ3n) is 3.44. The molecule has 1 rings (SSSR count). The topological polar surface area (TPSA) is 15.3 Å². The third kappa shape index (κ3) is 5.59. The van der Waals surface area contributed by atoms with Crippen molar-refractivity contribution in [3.05, 3.63) is 35.6 Å². The molecular weight excluding hydrogens is 251 g/mol. The Balaban J connectivity index is 2.80. The minimum absolute atomic E-state index is 0.0780. The zero-order valence-electron chi connectivity index (χ0n) is 13.2. The molecule has 0 spiro atoms. The highest BCUT2D eigenvalue weighted by molar-refractivity contribution is 5.21. The summed E-state index contributed by atoms with van der Waals surface area (Å²) in [6.07, 6.45) is 3.34. The predicted octanol–water partition coefficient (Wildman–Crippen LogP) is 3.99. The van der Waals surface area contributed by atoms with Crippen LogP contribution in [0, 0.1) is 5.82 Å². The van der Waals surface area contributed by atoms with Gasteiger partial charge in [0, 0.05) is 18.2 Å². The fourth-order valence-corrected chi connectivity index (χ4v) is 2.53. The lowest BCUT2D eigenvalue weighted by molar-refractivity contribution is 0.241. The van der Waals surface area contributed by atoms with Crippen molar-refractivity contribution in [2.75, 3.05) is 26.2 Å². The van der Waals surface area contributed by atoms with E-state index in [1.165, 1.54) is 0 Å². The van der Waals surface area contributed by atoms with Crippen molar-refractivity contribution in [1.82, 2.24) is 10.2 Å². The Labute approximate surface area is 123 Å². The van der Waals surface area contributed by atoms with Gasteiger partial charge in [0.2, 0.25) is 0 Å². The van der Waals surface area contributed by atoms with Crippen molar-refractivity contribution >= 4 is 0 Å². The zero-order chi connectivity index (χ0) is 14.8. The van der Waals surface area contributed by atoms with Gasteiger partial charge >= 0.3 is 0 Å². The number of nitrogens with one attached hydrogen (secondary N) is 1. The third-order valence-corrected chi connectivity index (χ3v) is 3.44. The molecular formula is C17H29FN2. The molecule has 0 aliphatic carbocycles. The Kier molecular flexibility index (Phi) is 8.47. The van der Waals surface area contributed by atoms with E-state index in [0.717, 1.165) is 51.0 Å². The number of halogens is 1. The van der Waals surface area contributed by atoms with Crippen molar-refractivity contribution in [2.45, 2.75) is 46.1 Å². The first kappa shape index (κ1) is 17.1. The van der Waals surface area contributed by atoms with Crippen LogP contribution in [0.25, 0.3) is 0 Å². The van der Waals surface area contributed by atoms with Crippen LogP contribution in [0.3, 0.4) is 0 Å². The zero-order valence-corrected chi connectivity index (χ0v) is 13.2. The molecule has 0 aliphatic heterocycles. The molecule has 1 aromatic rings. The Morgan fingerprint density at radius 3 is 2.25 bits per heavy atom. The van der Waals surface area contributed by atoms with Gasteiger partial charge in [-0.25, -0.2) is 4.39 Å². The normalized spacial score (nSPS) is 12.8. The fourth-order valence-electron chi connectivity index (χ4n) is 2.53. The first-order valence-corrected chi connectivity index (χ1v) is 7.93. The van der Waals surface area contributed by atoms with Gasteiger partial charge in [0.25, 0.3) is 0 Å². The van der Waals surface area contributed by atoms with E-state index in [0.29, 0.717) is 0 Å². The standard InChI is InChI=1S/C17H29FN2/c1-4-11-19-17(14-20(12-5-2)13-6-3)15-9-7-8-10-16(15)18/h7-10,17,19H,4-6,11-14H2,1-3H3. The summed E-state index contributed by atoms with van der Waals surface area (Å²) >= 11 is 0. The second kappa shape index (κ2) is 9.89. The van der Waals surface area contributed by atoms with Crippen molar-refractivity contribution < 1.29 is 4.39 Å². The summed E-state index contributed by atoms with van der Waals surface area (Å²) < 4.78 is 14.0. The van der Waals surface area contributed by atoms with Gasteiger partial charge < -0.3 is 10.2 Å². The van der Waals surface area contributed by atoms with E-state index in [2.05, 4.69) is 31.0 Å². The average Bonchev–Trinajstić information content (AvgIpc) is 2.44. The molecule has 2 nitrogen and oxygen atoms in total. The molecule has 1 aromatic carbocycles. The molecule has 0 heterocycles.